The van der Waals surface area contributed by atoms with Crippen molar-refractivity contribution in [3.05, 3.63) is 52.8 Å². The second kappa shape index (κ2) is 7.81. The van der Waals surface area contributed by atoms with E-state index in [4.69, 9.17) is 0 Å². The van der Waals surface area contributed by atoms with Gasteiger partial charge in [0.1, 0.15) is 0 Å². The zero-order chi connectivity index (χ0) is 14.4. The van der Waals surface area contributed by atoms with Gasteiger partial charge >= 0.3 is 0 Å². The fourth-order valence-corrected chi connectivity index (χ4v) is 3.53. The third kappa shape index (κ3) is 4.33. The van der Waals surface area contributed by atoms with Crippen LogP contribution < -0.4 is 5.32 Å². The summed E-state index contributed by atoms with van der Waals surface area (Å²) in [4.78, 5) is 6.56. The van der Waals surface area contributed by atoms with Crippen molar-refractivity contribution < 1.29 is 0 Å². The second-order valence-electron chi connectivity index (χ2n) is 4.64. The highest BCUT2D eigenvalue weighted by Crippen LogP contribution is 2.35. The molecule has 4 heteroatoms. The molecule has 1 aromatic heterocycles. The first-order chi connectivity index (χ1) is 9.70. The Kier molecular flexibility index (Phi) is 6.07. The molecule has 0 aliphatic rings. The Morgan fingerprint density at radius 2 is 2.00 bits per heavy atom. The van der Waals surface area contributed by atoms with Crippen LogP contribution in [0.5, 0.6) is 0 Å². The van der Waals surface area contributed by atoms with Crippen LogP contribution in [-0.4, -0.2) is 11.5 Å². The van der Waals surface area contributed by atoms with Crippen molar-refractivity contribution in [1.82, 2.24) is 10.3 Å². The number of halogens is 1. The third-order valence-corrected chi connectivity index (χ3v) is 4.59. The van der Waals surface area contributed by atoms with Crippen molar-refractivity contribution in [2.24, 2.45) is 0 Å². The summed E-state index contributed by atoms with van der Waals surface area (Å²) in [5.74, 6) is 0. The lowest BCUT2D eigenvalue weighted by molar-refractivity contribution is 0.563. The zero-order valence-corrected chi connectivity index (χ0v) is 14.2. The predicted molar refractivity (Wildman–Crippen MR) is 89.2 cm³/mol. The molecule has 0 fully saturated rings. The van der Waals surface area contributed by atoms with Crippen LogP contribution in [-0.2, 0) is 0 Å². The number of aromatic nitrogens is 1. The van der Waals surface area contributed by atoms with E-state index in [1.165, 1.54) is 15.4 Å². The standard InChI is InChI=1S/C16H19BrN2S/c1-3-8-19-12(2)15-5-4-13(17)11-16(15)20-14-6-9-18-10-7-14/h4-7,9-12,19H,3,8H2,1-2H3. The number of nitrogens with one attached hydrogen (secondary N) is 1. The van der Waals surface area contributed by atoms with Crippen molar-refractivity contribution in [2.45, 2.75) is 36.1 Å². The number of rotatable bonds is 6. The lowest BCUT2D eigenvalue weighted by Crippen LogP contribution is -2.19. The first kappa shape index (κ1) is 15.5. The average Bonchev–Trinajstić information content (AvgIpc) is 2.46. The maximum absolute atomic E-state index is 4.07. The summed E-state index contributed by atoms with van der Waals surface area (Å²) in [6.45, 7) is 5.44. The quantitative estimate of drug-likeness (QED) is 0.788. The summed E-state index contributed by atoms with van der Waals surface area (Å²) in [7, 11) is 0. The molecule has 2 nitrogen and oxygen atoms in total. The van der Waals surface area contributed by atoms with E-state index in [0.717, 1.165) is 17.4 Å². The van der Waals surface area contributed by atoms with Crippen LogP contribution in [0.2, 0.25) is 0 Å². The van der Waals surface area contributed by atoms with Crippen LogP contribution in [0, 0.1) is 0 Å². The Bertz CT molecular complexity index is 545. The summed E-state index contributed by atoms with van der Waals surface area (Å²) >= 11 is 5.35. The maximum atomic E-state index is 4.07. The number of benzene rings is 1. The molecule has 0 spiro atoms. The Balaban J connectivity index is 2.24. The summed E-state index contributed by atoms with van der Waals surface area (Å²) in [5, 5.41) is 3.55. The van der Waals surface area contributed by atoms with Crippen LogP contribution in [0.4, 0.5) is 0 Å². The van der Waals surface area contributed by atoms with E-state index in [0.29, 0.717) is 6.04 Å². The first-order valence-electron chi connectivity index (χ1n) is 6.81. The molecule has 0 aliphatic heterocycles. The average molecular weight is 351 g/mol. The molecule has 0 radical (unpaired) electrons. The summed E-state index contributed by atoms with van der Waals surface area (Å²) in [6.07, 6.45) is 4.81. The van der Waals surface area contributed by atoms with E-state index < -0.39 is 0 Å². The van der Waals surface area contributed by atoms with Gasteiger partial charge in [0, 0.05) is 32.7 Å². The minimum atomic E-state index is 0.354. The molecule has 0 saturated carbocycles. The van der Waals surface area contributed by atoms with Gasteiger partial charge in [-0.25, -0.2) is 0 Å². The molecule has 106 valence electrons. The smallest absolute Gasteiger partial charge is 0.0303 e. The van der Waals surface area contributed by atoms with Gasteiger partial charge in [0.2, 0.25) is 0 Å². The van der Waals surface area contributed by atoms with Gasteiger partial charge in [-0.2, -0.15) is 0 Å². The van der Waals surface area contributed by atoms with Crippen LogP contribution >= 0.6 is 27.7 Å². The van der Waals surface area contributed by atoms with Gasteiger partial charge in [0.25, 0.3) is 0 Å². The van der Waals surface area contributed by atoms with Crippen molar-refractivity contribution in [2.75, 3.05) is 6.54 Å². The highest BCUT2D eigenvalue weighted by atomic mass is 79.9. The molecule has 0 bridgehead atoms. The van der Waals surface area contributed by atoms with Crippen molar-refractivity contribution in [1.29, 1.82) is 0 Å². The van der Waals surface area contributed by atoms with E-state index in [9.17, 15) is 0 Å². The molecular formula is C16H19BrN2S. The minimum absolute atomic E-state index is 0.354. The molecule has 0 aliphatic carbocycles. The van der Waals surface area contributed by atoms with E-state index in [1.54, 1.807) is 11.8 Å². The SMILES string of the molecule is CCCNC(C)c1ccc(Br)cc1Sc1ccncc1. The van der Waals surface area contributed by atoms with Crippen molar-refractivity contribution in [3.63, 3.8) is 0 Å². The summed E-state index contributed by atoms with van der Waals surface area (Å²) in [6, 6.07) is 10.9. The fourth-order valence-electron chi connectivity index (χ4n) is 1.96. The van der Waals surface area contributed by atoms with Crippen LogP contribution in [0.15, 0.2) is 57.0 Å². The van der Waals surface area contributed by atoms with E-state index in [-0.39, 0.29) is 0 Å². The lowest BCUT2D eigenvalue weighted by atomic mass is 10.1. The topological polar surface area (TPSA) is 24.9 Å². The molecule has 1 aromatic carbocycles. The summed E-state index contributed by atoms with van der Waals surface area (Å²) < 4.78 is 1.11. The third-order valence-electron chi connectivity index (χ3n) is 3.02. The number of nitrogens with zero attached hydrogens (tertiary/aromatic N) is 1. The van der Waals surface area contributed by atoms with Gasteiger partial charge in [-0.15, -0.1) is 0 Å². The second-order valence-corrected chi connectivity index (χ2v) is 6.67. The van der Waals surface area contributed by atoms with E-state index >= 15 is 0 Å². The Labute approximate surface area is 133 Å². The van der Waals surface area contributed by atoms with Crippen molar-refractivity contribution in [3.8, 4) is 0 Å². The van der Waals surface area contributed by atoms with Gasteiger partial charge in [-0.3, -0.25) is 4.98 Å². The summed E-state index contributed by atoms with van der Waals surface area (Å²) in [5.41, 5.74) is 1.34. The van der Waals surface area contributed by atoms with Gasteiger partial charge in [-0.05, 0) is 49.7 Å². The van der Waals surface area contributed by atoms with Gasteiger partial charge in [-0.1, -0.05) is 40.7 Å². The van der Waals surface area contributed by atoms with Crippen LogP contribution in [0.1, 0.15) is 31.9 Å². The Morgan fingerprint density at radius 3 is 2.70 bits per heavy atom. The molecular weight excluding hydrogens is 332 g/mol. The fraction of sp³-hybridized carbons (Fsp3) is 0.312. The highest BCUT2D eigenvalue weighted by molar-refractivity contribution is 9.10. The highest BCUT2D eigenvalue weighted by Gasteiger charge is 2.11. The van der Waals surface area contributed by atoms with Gasteiger partial charge < -0.3 is 5.32 Å². The number of hydrogen-bond acceptors (Lipinski definition) is 3. The molecule has 0 amide bonds. The molecule has 0 saturated heterocycles. The minimum Gasteiger partial charge on any atom is -0.310 e. The lowest BCUT2D eigenvalue weighted by Gasteiger charge is -2.18. The molecule has 2 aromatic rings. The largest absolute Gasteiger partial charge is 0.310 e. The van der Waals surface area contributed by atoms with Crippen LogP contribution in [0.3, 0.4) is 0 Å². The molecule has 20 heavy (non-hydrogen) atoms. The van der Waals surface area contributed by atoms with Crippen molar-refractivity contribution >= 4 is 27.7 Å². The maximum Gasteiger partial charge on any atom is 0.0303 e. The van der Waals surface area contributed by atoms with E-state index in [2.05, 4.69) is 58.3 Å². The molecule has 2 rings (SSSR count). The number of pyridine rings is 1. The Hall–Kier alpha value is -0.840. The van der Waals surface area contributed by atoms with E-state index in [1.807, 2.05) is 24.5 Å². The monoisotopic (exact) mass is 350 g/mol. The van der Waals surface area contributed by atoms with Crippen LogP contribution in [0.25, 0.3) is 0 Å². The van der Waals surface area contributed by atoms with Gasteiger partial charge in [0.15, 0.2) is 0 Å². The van der Waals surface area contributed by atoms with Gasteiger partial charge in [0.05, 0.1) is 0 Å². The zero-order valence-electron chi connectivity index (χ0n) is 11.8. The molecule has 1 N–H and O–H groups in total. The normalized spacial score (nSPS) is 12.3. The molecule has 1 atom stereocenters. The first-order valence-corrected chi connectivity index (χ1v) is 8.42. The predicted octanol–water partition coefficient (Wildman–Crippen LogP) is 5.06. The molecule has 1 heterocycles. The molecule has 1 unspecified atom stereocenters. The Morgan fingerprint density at radius 1 is 1.25 bits per heavy atom. The number of hydrogen-bond donors (Lipinski definition) is 1.